The van der Waals surface area contributed by atoms with E-state index in [1.165, 1.54) is 10.4 Å². The number of thiophene rings is 1. The summed E-state index contributed by atoms with van der Waals surface area (Å²) in [4.78, 5) is 18.5. The van der Waals surface area contributed by atoms with Gasteiger partial charge >= 0.3 is 0 Å². The highest BCUT2D eigenvalue weighted by atomic mass is 32.1. The molecule has 0 saturated carbocycles. The summed E-state index contributed by atoms with van der Waals surface area (Å²) >= 11 is 1.62. The van der Waals surface area contributed by atoms with Crippen LogP contribution in [0, 0.1) is 22.7 Å². The molecule has 0 spiro atoms. The highest BCUT2D eigenvalue weighted by molar-refractivity contribution is 7.16. The van der Waals surface area contributed by atoms with Crippen LogP contribution in [0.5, 0.6) is 17.2 Å². The normalized spacial score (nSPS) is 14.9. The largest absolute Gasteiger partial charge is 0.493 e. The van der Waals surface area contributed by atoms with Gasteiger partial charge in [-0.25, -0.2) is 4.99 Å². The third-order valence-corrected chi connectivity index (χ3v) is 8.08. The standard InChI is InChI=1S/C31H35N3O4S/c1-6-37-25-10-8-7-9-24(25)34-29(35)19-38-26-14-11-20(15-27(26)36-5)18-33-30-23(17-32)22-13-12-21(31(2,3)4)16-28(22)39-30/h7-11,14-15,18,21H,6,12-13,16,19H2,1-5H3,(H,34,35)/t21-/m0/s1. The van der Waals surface area contributed by atoms with Crippen LogP contribution in [-0.2, 0) is 17.6 Å². The molecule has 7 nitrogen and oxygen atoms in total. The minimum Gasteiger partial charge on any atom is -0.493 e. The molecule has 1 aliphatic rings. The summed E-state index contributed by atoms with van der Waals surface area (Å²) in [6, 6.07) is 15.0. The third kappa shape index (κ3) is 6.79. The SMILES string of the molecule is CCOc1ccccc1NC(=O)COc1ccc(C=Nc2sc3c(c2C#N)CC[C@H](C(C)(C)C)C3)cc1OC. The first-order valence-electron chi connectivity index (χ1n) is 13.1. The summed E-state index contributed by atoms with van der Waals surface area (Å²) in [5, 5.41) is 13.4. The van der Waals surface area contributed by atoms with Crippen molar-refractivity contribution in [1.29, 1.82) is 5.26 Å². The molecule has 1 N–H and O–H groups in total. The zero-order chi connectivity index (χ0) is 28.0. The van der Waals surface area contributed by atoms with Crippen molar-refractivity contribution >= 4 is 34.1 Å². The van der Waals surface area contributed by atoms with Crippen LogP contribution in [0.25, 0.3) is 0 Å². The van der Waals surface area contributed by atoms with E-state index in [-0.39, 0.29) is 17.9 Å². The van der Waals surface area contributed by atoms with Gasteiger partial charge in [0.1, 0.15) is 16.8 Å². The van der Waals surface area contributed by atoms with Crippen LogP contribution < -0.4 is 19.5 Å². The van der Waals surface area contributed by atoms with Gasteiger partial charge in [-0.2, -0.15) is 5.26 Å². The number of ether oxygens (including phenoxy) is 3. The number of nitrogens with zero attached hydrogens (tertiary/aromatic N) is 2. The van der Waals surface area contributed by atoms with Gasteiger partial charge in [0.05, 0.1) is 25.0 Å². The molecule has 0 saturated heterocycles. The lowest BCUT2D eigenvalue weighted by molar-refractivity contribution is -0.118. The summed E-state index contributed by atoms with van der Waals surface area (Å²) in [6.07, 6.45) is 4.76. The molecule has 0 fully saturated rings. The van der Waals surface area contributed by atoms with E-state index in [9.17, 15) is 10.1 Å². The molecule has 1 aliphatic carbocycles. The Bertz CT molecular complexity index is 1400. The summed E-state index contributed by atoms with van der Waals surface area (Å²) in [7, 11) is 1.55. The zero-order valence-corrected chi connectivity index (χ0v) is 24.0. The number of rotatable bonds is 9. The molecule has 204 valence electrons. The second-order valence-corrected chi connectivity index (χ2v) is 11.6. The lowest BCUT2D eigenvalue weighted by Crippen LogP contribution is -2.26. The number of hydrogen-bond donors (Lipinski definition) is 1. The van der Waals surface area contributed by atoms with Gasteiger partial charge in [-0.1, -0.05) is 32.9 Å². The maximum atomic E-state index is 12.5. The van der Waals surface area contributed by atoms with Crippen LogP contribution in [-0.4, -0.2) is 32.4 Å². The maximum Gasteiger partial charge on any atom is 0.262 e. The average molecular weight is 546 g/mol. The second-order valence-electron chi connectivity index (χ2n) is 10.5. The Labute approximate surface area is 234 Å². The molecule has 4 rings (SSSR count). The number of carbonyl (C=O) groups is 1. The van der Waals surface area contributed by atoms with Crippen LogP contribution in [0.15, 0.2) is 47.5 Å². The topological polar surface area (TPSA) is 92.9 Å². The number of para-hydroxylation sites is 2. The lowest BCUT2D eigenvalue weighted by Gasteiger charge is -2.33. The predicted molar refractivity (Wildman–Crippen MR) is 156 cm³/mol. The van der Waals surface area contributed by atoms with Gasteiger partial charge in [-0.15, -0.1) is 11.3 Å². The zero-order valence-electron chi connectivity index (χ0n) is 23.2. The Morgan fingerprint density at radius 1 is 1.18 bits per heavy atom. The van der Waals surface area contributed by atoms with Crippen molar-refractivity contribution in [3.63, 3.8) is 0 Å². The molecule has 0 aliphatic heterocycles. The van der Waals surface area contributed by atoms with Gasteiger partial charge in [0.25, 0.3) is 5.91 Å². The first-order valence-corrected chi connectivity index (χ1v) is 14.0. The van der Waals surface area contributed by atoms with Crippen LogP contribution in [0.1, 0.15) is 55.7 Å². The number of benzene rings is 2. The number of hydrogen-bond acceptors (Lipinski definition) is 7. The van der Waals surface area contributed by atoms with Crippen molar-refractivity contribution in [1.82, 2.24) is 0 Å². The Morgan fingerprint density at radius 2 is 1.97 bits per heavy atom. The summed E-state index contributed by atoms with van der Waals surface area (Å²) in [5.74, 6) is 1.83. The molecular weight excluding hydrogens is 510 g/mol. The van der Waals surface area contributed by atoms with E-state index in [0.29, 0.717) is 41.0 Å². The number of amides is 1. The van der Waals surface area contributed by atoms with E-state index in [1.54, 1.807) is 48.9 Å². The number of nitriles is 1. The van der Waals surface area contributed by atoms with E-state index in [0.717, 1.165) is 29.8 Å². The Kier molecular flexibility index (Phi) is 8.93. The van der Waals surface area contributed by atoms with Gasteiger partial charge in [0.15, 0.2) is 18.1 Å². The minimum absolute atomic E-state index is 0.188. The highest BCUT2D eigenvalue weighted by Crippen LogP contribution is 2.45. The predicted octanol–water partition coefficient (Wildman–Crippen LogP) is 6.95. The molecule has 0 unspecified atom stereocenters. The molecular formula is C31H35N3O4S. The Balaban J connectivity index is 1.44. The Morgan fingerprint density at radius 3 is 2.69 bits per heavy atom. The van der Waals surface area contributed by atoms with Crippen molar-refractivity contribution in [3.8, 4) is 23.3 Å². The fraction of sp³-hybridized carbons (Fsp3) is 0.387. The first-order chi connectivity index (χ1) is 18.7. The van der Waals surface area contributed by atoms with Crippen LogP contribution in [0.3, 0.4) is 0 Å². The molecule has 0 radical (unpaired) electrons. The van der Waals surface area contributed by atoms with Gasteiger partial charge in [-0.05, 0) is 79.0 Å². The Hall–Kier alpha value is -3.83. The number of nitrogens with one attached hydrogen (secondary N) is 1. The molecule has 1 heterocycles. The van der Waals surface area contributed by atoms with Crippen LogP contribution in [0.4, 0.5) is 10.7 Å². The van der Waals surface area contributed by atoms with E-state index >= 15 is 0 Å². The molecule has 3 aromatic rings. The van der Waals surface area contributed by atoms with Gasteiger partial charge in [-0.3, -0.25) is 4.79 Å². The third-order valence-electron chi connectivity index (χ3n) is 6.92. The van der Waals surface area contributed by atoms with Crippen LogP contribution in [0.2, 0.25) is 0 Å². The highest BCUT2D eigenvalue weighted by Gasteiger charge is 2.32. The first kappa shape index (κ1) is 28.2. The smallest absolute Gasteiger partial charge is 0.262 e. The second kappa shape index (κ2) is 12.4. The molecule has 2 aromatic carbocycles. The molecule has 1 atom stereocenters. The lowest BCUT2D eigenvalue weighted by atomic mass is 9.72. The fourth-order valence-corrected chi connectivity index (χ4v) is 5.94. The fourth-order valence-electron chi connectivity index (χ4n) is 4.71. The number of carbonyl (C=O) groups excluding carboxylic acids is 1. The number of fused-ring (bicyclic) bond motifs is 1. The van der Waals surface area contributed by atoms with Gasteiger partial charge in [0, 0.05) is 11.1 Å². The summed E-state index contributed by atoms with van der Waals surface area (Å²) in [6.45, 7) is 9.06. The quantitative estimate of drug-likeness (QED) is 0.294. The van der Waals surface area contributed by atoms with Crippen molar-refractivity contribution in [3.05, 3.63) is 64.0 Å². The van der Waals surface area contributed by atoms with Gasteiger partial charge < -0.3 is 19.5 Å². The van der Waals surface area contributed by atoms with E-state index in [2.05, 4.69) is 37.1 Å². The summed E-state index contributed by atoms with van der Waals surface area (Å²) < 4.78 is 16.8. The van der Waals surface area contributed by atoms with Gasteiger partial charge in [0.2, 0.25) is 0 Å². The van der Waals surface area contributed by atoms with E-state index in [4.69, 9.17) is 14.2 Å². The van der Waals surface area contributed by atoms with Crippen LogP contribution >= 0.6 is 11.3 Å². The van der Waals surface area contributed by atoms with Crippen molar-refractivity contribution in [2.45, 2.75) is 47.0 Å². The molecule has 1 amide bonds. The monoisotopic (exact) mass is 545 g/mol. The van der Waals surface area contributed by atoms with Crippen molar-refractivity contribution in [2.75, 3.05) is 25.6 Å². The number of methoxy groups -OCH3 is 1. The number of aliphatic imine (C=N–C) groups is 1. The number of anilines is 1. The van der Waals surface area contributed by atoms with Crippen molar-refractivity contribution < 1.29 is 19.0 Å². The molecule has 39 heavy (non-hydrogen) atoms. The van der Waals surface area contributed by atoms with E-state index < -0.39 is 0 Å². The minimum atomic E-state index is -0.311. The maximum absolute atomic E-state index is 12.5. The average Bonchev–Trinajstić information content (AvgIpc) is 3.28. The molecule has 8 heteroatoms. The molecule has 1 aromatic heterocycles. The van der Waals surface area contributed by atoms with E-state index in [1.807, 2.05) is 25.1 Å². The van der Waals surface area contributed by atoms with Crippen molar-refractivity contribution in [2.24, 2.45) is 16.3 Å². The summed E-state index contributed by atoms with van der Waals surface area (Å²) in [5.41, 5.74) is 3.50. The molecule has 0 bridgehead atoms.